The van der Waals surface area contributed by atoms with Gasteiger partial charge in [0.05, 0.1) is 5.75 Å². The predicted molar refractivity (Wildman–Crippen MR) is 67.4 cm³/mol. The van der Waals surface area contributed by atoms with Gasteiger partial charge in [0.25, 0.3) is 0 Å². The maximum Gasteiger partial charge on any atom is 0.236 e. The third-order valence-electron chi connectivity index (χ3n) is 1.85. The molecule has 0 aliphatic heterocycles. The van der Waals surface area contributed by atoms with Gasteiger partial charge in [-0.25, -0.2) is 0 Å². The smallest absolute Gasteiger partial charge is 0.236 e. The lowest BCUT2D eigenvalue weighted by Crippen LogP contribution is -2.17. The van der Waals surface area contributed by atoms with Gasteiger partial charge in [-0.15, -0.1) is 0 Å². The molecule has 0 radical (unpaired) electrons. The minimum atomic E-state index is 0.198. The van der Waals surface area contributed by atoms with Crippen LogP contribution >= 0.6 is 23.1 Å². The van der Waals surface area contributed by atoms with E-state index in [1.165, 1.54) is 0 Å². The lowest BCUT2D eigenvalue weighted by atomic mass is 10.3. The van der Waals surface area contributed by atoms with Gasteiger partial charge >= 0.3 is 0 Å². The Labute approximate surface area is 102 Å². The molecule has 16 heavy (non-hydrogen) atoms. The molecule has 2 N–H and O–H groups in total. The van der Waals surface area contributed by atoms with Crippen LogP contribution in [0.25, 0.3) is 11.4 Å². The summed E-state index contributed by atoms with van der Waals surface area (Å²) in [6, 6.07) is 2.18. The summed E-state index contributed by atoms with van der Waals surface area (Å²) in [5.74, 6) is 2.94. The first-order valence-corrected chi connectivity index (χ1v) is 7.04. The zero-order chi connectivity index (χ0) is 11.4. The summed E-state index contributed by atoms with van der Waals surface area (Å²) in [7, 11) is 0. The summed E-state index contributed by atoms with van der Waals surface area (Å²) < 4.78 is 5.15. The standard InChI is InChI=1S/C10H13N3OS2/c1-7(11)4-16-6-9-12-10(13-14-9)8-2-3-15-5-8/h2-3,5,7H,4,6,11H2,1H3. The van der Waals surface area contributed by atoms with Crippen LogP contribution in [0.1, 0.15) is 12.8 Å². The average molecular weight is 255 g/mol. The third kappa shape index (κ3) is 3.07. The number of hydrogen-bond acceptors (Lipinski definition) is 6. The van der Waals surface area contributed by atoms with Crippen molar-refractivity contribution >= 4 is 23.1 Å². The molecular formula is C10H13N3OS2. The second-order valence-corrected chi connectivity index (χ2v) is 5.33. The van der Waals surface area contributed by atoms with Crippen LogP contribution in [0.15, 0.2) is 21.3 Å². The second-order valence-electron chi connectivity index (χ2n) is 3.52. The molecule has 2 heterocycles. The Hall–Kier alpha value is -0.850. The maximum atomic E-state index is 5.65. The van der Waals surface area contributed by atoms with Crippen LogP contribution in [0.3, 0.4) is 0 Å². The highest BCUT2D eigenvalue weighted by molar-refractivity contribution is 7.98. The van der Waals surface area contributed by atoms with E-state index in [1.54, 1.807) is 23.1 Å². The van der Waals surface area contributed by atoms with Gasteiger partial charge in [-0.3, -0.25) is 0 Å². The summed E-state index contributed by atoms with van der Waals surface area (Å²) in [5.41, 5.74) is 6.66. The molecule has 0 aromatic carbocycles. The van der Waals surface area contributed by atoms with Gasteiger partial charge < -0.3 is 10.3 Å². The molecule has 0 amide bonds. The Morgan fingerprint density at radius 3 is 3.19 bits per heavy atom. The third-order valence-corrected chi connectivity index (χ3v) is 3.75. The van der Waals surface area contributed by atoms with Crippen molar-refractivity contribution in [1.29, 1.82) is 0 Å². The molecule has 0 aliphatic rings. The fraction of sp³-hybridized carbons (Fsp3) is 0.400. The second kappa shape index (κ2) is 5.47. The summed E-state index contributed by atoms with van der Waals surface area (Å²) in [4.78, 5) is 4.32. The topological polar surface area (TPSA) is 64.9 Å². The normalized spacial score (nSPS) is 12.9. The molecule has 0 saturated carbocycles. The summed E-state index contributed by atoms with van der Waals surface area (Å²) in [6.45, 7) is 1.98. The monoisotopic (exact) mass is 255 g/mol. The molecule has 0 saturated heterocycles. The fourth-order valence-electron chi connectivity index (χ4n) is 1.15. The first kappa shape index (κ1) is 11.6. The number of nitrogens with two attached hydrogens (primary N) is 1. The number of thioether (sulfide) groups is 1. The first-order chi connectivity index (χ1) is 7.75. The van der Waals surface area contributed by atoms with Crippen LogP contribution in [-0.2, 0) is 5.75 Å². The number of thiophene rings is 1. The lowest BCUT2D eigenvalue weighted by Gasteiger charge is -2.00. The molecular weight excluding hydrogens is 242 g/mol. The molecule has 6 heteroatoms. The SMILES string of the molecule is CC(N)CSCc1nc(-c2ccsc2)no1. The fourth-order valence-corrected chi connectivity index (χ4v) is 2.57. The van der Waals surface area contributed by atoms with Crippen LogP contribution in [-0.4, -0.2) is 21.9 Å². The van der Waals surface area contributed by atoms with Crippen molar-refractivity contribution in [2.45, 2.75) is 18.7 Å². The molecule has 2 aromatic rings. The molecule has 86 valence electrons. The molecule has 0 aliphatic carbocycles. The van der Waals surface area contributed by atoms with Crippen molar-refractivity contribution in [3.8, 4) is 11.4 Å². The van der Waals surface area contributed by atoms with Gasteiger partial charge in [0.1, 0.15) is 0 Å². The van der Waals surface area contributed by atoms with Crippen molar-refractivity contribution in [3.05, 3.63) is 22.7 Å². The van der Waals surface area contributed by atoms with Gasteiger partial charge in [-0.2, -0.15) is 28.1 Å². The van der Waals surface area contributed by atoms with E-state index in [1.807, 2.05) is 23.8 Å². The summed E-state index contributed by atoms with van der Waals surface area (Å²) >= 11 is 3.33. The molecule has 0 bridgehead atoms. The van der Waals surface area contributed by atoms with Gasteiger partial charge in [-0.1, -0.05) is 5.16 Å². The Bertz CT molecular complexity index is 425. The minimum absolute atomic E-state index is 0.198. The largest absolute Gasteiger partial charge is 0.338 e. The van der Waals surface area contributed by atoms with Crippen LogP contribution in [0.5, 0.6) is 0 Å². The molecule has 1 unspecified atom stereocenters. The van der Waals surface area contributed by atoms with Crippen LogP contribution in [0.2, 0.25) is 0 Å². The van der Waals surface area contributed by atoms with Crippen molar-refractivity contribution in [3.63, 3.8) is 0 Å². The van der Waals surface area contributed by atoms with Gasteiger partial charge in [-0.05, 0) is 18.4 Å². The zero-order valence-corrected chi connectivity index (χ0v) is 10.6. The van der Waals surface area contributed by atoms with E-state index in [0.29, 0.717) is 11.7 Å². The van der Waals surface area contributed by atoms with E-state index in [4.69, 9.17) is 10.3 Å². The molecule has 2 aromatic heterocycles. The van der Waals surface area contributed by atoms with E-state index in [9.17, 15) is 0 Å². The van der Waals surface area contributed by atoms with Crippen LogP contribution in [0.4, 0.5) is 0 Å². The van der Waals surface area contributed by atoms with E-state index >= 15 is 0 Å². The van der Waals surface area contributed by atoms with Crippen molar-refractivity contribution in [2.75, 3.05) is 5.75 Å². The molecule has 1 atom stereocenters. The van der Waals surface area contributed by atoms with Gasteiger partial charge in [0, 0.05) is 22.7 Å². The Balaban J connectivity index is 1.93. The number of rotatable bonds is 5. The highest BCUT2D eigenvalue weighted by atomic mass is 32.2. The number of hydrogen-bond donors (Lipinski definition) is 1. The highest BCUT2D eigenvalue weighted by Gasteiger charge is 2.08. The van der Waals surface area contributed by atoms with Crippen molar-refractivity contribution < 1.29 is 4.52 Å². The van der Waals surface area contributed by atoms with E-state index < -0.39 is 0 Å². The van der Waals surface area contributed by atoms with Gasteiger partial charge in [0.2, 0.25) is 11.7 Å². The highest BCUT2D eigenvalue weighted by Crippen LogP contribution is 2.20. The van der Waals surface area contributed by atoms with Crippen LogP contribution < -0.4 is 5.73 Å². The van der Waals surface area contributed by atoms with Crippen molar-refractivity contribution in [2.24, 2.45) is 5.73 Å². The minimum Gasteiger partial charge on any atom is -0.338 e. The van der Waals surface area contributed by atoms with Crippen LogP contribution in [0, 0.1) is 0 Å². The first-order valence-electron chi connectivity index (χ1n) is 4.94. The molecule has 0 fully saturated rings. The quantitative estimate of drug-likeness (QED) is 0.888. The Morgan fingerprint density at radius 2 is 2.50 bits per heavy atom. The Morgan fingerprint density at radius 1 is 1.62 bits per heavy atom. The number of aromatic nitrogens is 2. The number of nitrogens with zero attached hydrogens (tertiary/aromatic N) is 2. The maximum absolute atomic E-state index is 5.65. The molecule has 0 spiro atoms. The van der Waals surface area contributed by atoms with Crippen molar-refractivity contribution in [1.82, 2.24) is 10.1 Å². The Kier molecular flexibility index (Phi) is 3.98. The van der Waals surface area contributed by atoms with Gasteiger partial charge in [0.15, 0.2) is 0 Å². The van der Waals surface area contributed by atoms with E-state index in [2.05, 4.69) is 10.1 Å². The predicted octanol–water partition coefficient (Wildman–Crippen LogP) is 2.38. The average Bonchev–Trinajstić information content (AvgIpc) is 2.85. The summed E-state index contributed by atoms with van der Waals surface area (Å²) in [6.07, 6.45) is 0. The van der Waals surface area contributed by atoms with E-state index in [0.717, 1.165) is 17.1 Å². The summed E-state index contributed by atoms with van der Waals surface area (Å²) in [5, 5.41) is 7.93. The molecule has 4 nitrogen and oxygen atoms in total. The molecule has 2 rings (SSSR count). The van der Waals surface area contributed by atoms with E-state index in [-0.39, 0.29) is 6.04 Å². The lowest BCUT2D eigenvalue weighted by molar-refractivity contribution is 0.391. The zero-order valence-electron chi connectivity index (χ0n) is 8.92.